The summed E-state index contributed by atoms with van der Waals surface area (Å²) in [4.78, 5) is 0. The van der Waals surface area contributed by atoms with Crippen LogP contribution in [0.4, 0.5) is 0 Å². The highest BCUT2D eigenvalue weighted by Crippen LogP contribution is 2.22. The Kier molecular flexibility index (Phi) is 3.39. The van der Waals surface area contributed by atoms with E-state index < -0.39 is 0 Å². The minimum absolute atomic E-state index is 0.236. The summed E-state index contributed by atoms with van der Waals surface area (Å²) in [5.74, 6) is 0. The molecule has 15 heavy (non-hydrogen) atoms. The highest BCUT2D eigenvalue weighted by Gasteiger charge is 2.10. The van der Waals surface area contributed by atoms with E-state index in [1.54, 1.807) is 11.1 Å². The molecule has 0 saturated carbocycles. The van der Waals surface area contributed by atoms with Crippen LogP contribution in [-0.4, -0.2) is 12.6 Å². The zero-order valence-corrected chi connectivity index (χ0v) is 9.42. The molecule has 1 aromatic carbocycles. The molecule has 2 heteroatoms. The van der Waals surface area contributed by atoms with Crippen molar-refractivity contribution in [3.05, 3.63) is 34.9 Å². The highest BCUT2D eigenvalue weighted by molar-refractivity contribution is 5.35. The smallest absolute Gasteiger partial charge is 0.0206 e. The first-order valence-corrected chi connectivity index (χ1v) is 5.82. The lowest BCUT2D eigenvalue weighted by molar-refractivity contribution is 0.608. The van der Waals surface area contributed by atoms with E-state index in [4.69, 9.17) is 5.73 Å². The zero-order valence-electron chi connectivity index (χ0n) is 9.42. The van der Waals surface area contributed by atoms with Crippen LogP contribution in [-0.2, 0) is 19.4 Å². The van der Waals surface area contributed by atoms with E-state index in [9.17, 15) is 0 Å². The first-order chi connectivity index (χ1) is 7.25. The molecule has 0 radical (unpaired) electrons. The van der Waals surface area contributed by atoms with Crippen molar-refractivity contribution in [3.8, 4) is 0 Å². The Bertz CT molecular complexity index is 331. The average molecular weight is 204 g/mol. The van der Waals surface area contributed by atoms with Gasteiger partial charge in [-0.3, -0.25) is 0 Å². The van der Waals surface area contributed by atoms with Crippen molar-refractivity contribution in [2.75, 3.05) is 6.54 Å². The molecule has 0 bridgehead atoms. The Morgan fingerprint density at radius 2 is 2.13 bits per heavy atom. The van der Waals surface area contributed by atoms with Crippen LogP contribution in [0, 0.1) is 0 Å². The number of hydrogen-bond donors (Lipinski definition) is 2. The first-order valence-electron chi connectivity index (χ1n) is 5.82. The summed E-state index contributed by atoms with van der Waals surface area (Å²) in [5, 5.41) is 3.37. The molecule has 1 aromatic rings. The molecular weight excluding hydrogens is 184 g/mol. The van der Waals surface area contributed by atoms with Gasteiger partial charge >= 0.3 is 0 Å². The Hall–Kier alpha value is -0.860. The molecule has 0 amide bonds. The summed E-state index contributed by atoms with van der Waals surface area (Å²) < 4.78 is 0. The monoisotopic (exact) mass is 204 g/mol. The lowest BCUT2D eigenvalue weighted by Gasteiger charge is -2.08. The minimum Gasteiger partial charge on any atom is -0.327 e. The fraction of sp³-hybridized carbons (Fsp3) is 0.538. The Morgan fingerprint density at radius 3 is 2.93 bits per heavy atom. The van der Waals surface area contributed by atoms with Crippen molar-refractivity contribution in [3.63, 3.8) is 0 Å². The predicted molar refractivity (Wildman–Crippen MR) is 63.8 cm³/mol. The predicted octanol–water partition coefficient (Wildman–Crippen LogP) is 1.61. The molecule has 2 nitrogen and oxygen atoms in total. The third-order valence-electron chi connectivity index (χ3n) is 2.96. The van der Waals surface area contributed by atoms with Gasteiger partial charge in [0.1, 0.15) is 0 Å². The van der Waals surface area contributed by atoms with E-state index in [-0.39, 0.29) is 6.04 Å². The molecule has 1 atom stereocenters. The summed E-state index contributed by atoms with van der Waals surface area (Å²) in [5.41, 5.74) is 10.2. The number of nitrogens with two attached hydrogens (primary N) is 1. The van der Waals surface area contributed by atoms with Gasteiger partial charge in [0.15, 0.2) is 0 Å². The van der Waals surface area contributed by atoms with E-state index in [1.165, 1.54) is 24.8 Å². The third-order valence-corrected chi connectivity index (χ3v) is 2.96. The quantitative estimate of drug-likeness (QED) is 0.782. The number of benzene rings is 1. The van der Waals surface area contributed by atoms with Gasteiger partial charge in [0, 0.05) is 19.1 Å². The van der Waals surface area contributed by atoms with E-state index in [0.29, 0.717) is 0 Å². The van der Waals surface area contributed by atoms with Crippen LogP contribution in [0.5, 0.6) is 0 Å². The fourth-order valence-electron chi connectivity index (χ4n) is 2.18. The van der Waals surface area contributed by atoms with Gasteiger partial charge in [-0.15, -0.1) is 0 Å². The molecule has 0 fully saturated rings. The van der Waals surface area contributed by atoms with E-state index in [2.05, 4.69) is 23.5 Å². The fourth-order valence-corrected chi connectivity index (χ4v) is 2.18. The Morgan fingerprint density at radius 1 is 1.33 bits per heavy atom. The Labute approximate surface area is 91.9 Å². The number of aryl methyl sites for hydroxylation is 2. The van der Waals surface area contributed by atoms with Crippen LogP contribution in [0.2, 0.25) is 0 Å². The van der Waals surface area contributed by atoms with Crippen molar-refractivity contribution in [1.82, 2.24) is 5.32 Å². The maximum Gasteiger partial charge on any atom is 0.0206 e. The summed E-state index contributed by atoms with van der Waals surface area (Å²) in [6.45, 7) is 3.85. The molecule has 2 rings (SSSR count). The van der Waals surface area contributed by atoms with Crippen LogP contribution in [0.25, 0.3) is 0 Å². The number of nitrogens with one attached hydrogen (secondary N) is 1. The lowest BCUT2D eigenvalue weighted by atomic mass is 10.1. The molecule has 1 aliphatic rings. The third kappa shape index (κ3) is 2.80. The van der Waals surface area contributed by atoms with Crippen molar-refractivity contribution in [2.45, 2.75) is 38.8 Å². The highest BCUT2D eigenvalue weighted by atomic mass is 14.9. The molecule has 3 N–H and O–H groups in total. The summed E-state index contributed by atoms with van der Waals surface area (Å²) in [6.07, 6.45) is 3.85. The standard InChI is InChI=1S/C13H20N2/c1-10(14)8-15-9-11-5-6-12-3-2-4-13(12)7-11/h5-7,10,15H,2-4,8-9,14H2,1H3. The molecule has 1 unspecified atom stereocenters. The van der Waals surface area contributed by atoms with E-state index >= 15 is 0 Å². The van der Waals surface area contributed by atoms with Crippen LogP contribution < -0.4 is 11.1 Å². The average Bonchev–Trinajstić information content (AvgIpc) is 2.64. The summed E-state index contributed by atoms with van der Waals surface area (Å²) in [7, 11) is 0. The molecule has 1 aliphatic carbocycles. The van der Waals surface area contributed by atoms with E-state index in [1.807, 2.05) is 6.92 Å². The van der Waals surface area contributed by atoms with Crippen LogP contribution >= 0.6 is 0 Å². The Balaban J connectivity index is 1.92. The van der Waals surface area contributed by atoms with Gasteiger partial charge in [0.2, 0.25) is 0 Å². The second-order valence-electron chi connectivity index (χ2n) is 4.56. The normalized spacial score (nSPS) is 16.4. The molecule has 0 aromatic heterocycles. The van der Waals surface area contributed by atoms with Gasteiger partial charge in [-0.2, -0.15) is 0 Å². The van der Waals surface area contributed by atoms with Crippen molar-refractivity contribution in [2.24, 2.45) is 5.73 Å². The molecule has 0 saturated heterocycles. The van der Waals surface area contributed by atoms with Gasteiger partial charge in [-0.05, 0) is 42.9 Å². The molecule has 0 spiro atoms. The zero-order chi connectivity index (χ0) is 10.7. The second kappa shape index (κ2) is 4.77. The van der Waals surface area contributed by atoms with Crippen molar-refractivity contribution in [1.29, 1.82) is 0 Å². The SMILES string of the molecule is CC(N)CNCc1ccc2c(c1)CCC2. The maximum absolute atomic E-state index is 5.68. The number of rotatable bonds is 4. The first kappa shape index (κ1) is 10.7. The van der Waals surface area contributed by atoms with Gasteiger partial charge < -0.3 is 11.1 Å². The van der Waals surface area contributed by atoms with Crippen molar-refractivity contribution >= 4 is 0 Å². The van der Waals surface area contributed by atoms with Crippen LogP contribution in [0.1, 0.15) is 30.0 Å². The molecule has 82 valence electrons. The lowest BCUT2D eigenvalue weighted by Crippen LogP contribution is -2.30. The van der Waals surface area contributed by atoms with Crippen molar-refractivity contribution < 1.29 is 0 Å². The minimum atomic E-state index is 0.236. The van der Waals surface area contributed by atoms with E-state index in [0.717, 1.165) is 13.1 Å². The summed E-state index contributed by atoms with van der Waals surface area (Å²) in [6, 6.07) is 7.10. The van der Waals surface area contributed by atoms with Crippen LogP contribution in [0.15, 0.2) is 18.2 Å². The van der Waals surface area contributed by atoms with Gasteiger partial charge in [0.05, 0.1) is 0 Å². The molecule has 0 heterocycles. The van der Waals surface area contributed by atoms with Crippen LogP contribution in [0.3, 0.4) is 0 Å². The molecule has 0 aliphatic heterocycles. The second-order valence-corrected chi connectivity index (χ2v) is 4.56. The largest absolute Gasteiger partial charge is 0.327 e. The van der Waals surface area contributed by atoms with Gasteiger partial charge in [0.25, 0.3) is 0 Å². The topological polar surface area (TPSA) is 38.0 Å². The van der Waals surface area contributed by atoms with Gasteiger partial charge in [-0.25, -0.2) is 0 Å². The maximum atomic E-state index is 5.68. The summed E-state index contributed by atoms with van der Waals surface area (Å²) >= 11 is 0. The van der Waals surface area contributed by atoms with Gasteiger partial charge in [-0.1, -0.05) is 18.2 Å². The number of hydrogen-bond acceptors (Lipinski definition) is 2. The molecular formula is C13H20N2. The number of fused-ring (bicyclic) bond motifs is 1.